The highest BCUT2D eigenvalue weighted by Crippen LogP contribution is 2.22. The molecule has 0 saturated carbocycles. The molecule has 2 amide bonds. The van der Waals surface area contributed by atoms with E-state index in [9.17, 15) is 9.59 Å². The van der Waals surface area contributed by atoms with Gasteiger partial charge in [-0.25, -0.2) is 0 Å². The van der Waals surface area contributed by atoms with E-state index in [1.807, 2.05) is 18.2 Å². The summed E-state index contributed by atoms with van der Waals surface area (Å²) in [5.74, 6) is 0.112. The van der Waals surface area contributed by atoms with Crippen LogP contribution in [0, 0.1) is 0 Å². The van der Waals surface area contributed by atoms with Crippen LogP contribution in [0.1, 0.15) is 10.4 Å². The van der Waals surface area contributed by atoms with Crippen molar-refractivity contribution in [3.8, 4) is 5.75 Å². The zero-order valence-electron chi connectivity index (χ0n) is 15.3. The number of para-hydroxylation sites is 1. The number of halogens is 1. The number of hydrogen-bond donors (Lipinski definition) is 1. The summed E-state index contributed by atoms with van der Waals surface area (Å²) in [6.45, 7) is -0.149. The zero-order valence-corrected chi connectivity index (χ0v) is 16.0. The van der Waals surface area contributed by atoms with Crippen molar-refractivity contribution in [3.63, 3.8) is 0 Å². The fourth-order valence-corrected chi connectivity index (χ4v) is 2.74. The number of carbonyl (C=O) groups excluding carboxylic acids is 2. The number of ether oxygens (including phenoxy) is 1. The van der Waals surface area contributed by atoms with Crippen LogP contribution in [-0.4, -0.2) is 25.5 Å². The van der Waals surface area contributed by atoms with Gasteiger partial charge in [0.2, 0.25) is 0 Å². The second kappa shape index (κ2) is 9.06. The molecule has 6 heteroatoms. The predicted molar refractivity (Wildman–Crippen MR) is 111 cm³/mol. The molecule has 0 unspecified atom stereocenters. The first-order valence-corrected chi connectivity index (χ1v) is 9.03. The molecule has 0 aliphatic heterocycles. The molecule has 0 aromatic heterocycles. The van der Waals surface area contributed by atoms with Crippen molar-refractivity contribution in [2.75, 3.05) is 23.9 Å². The highest BCUT2D eigenvalue weighted by Gasteiger charge is 2.13. The Morgan fingerprint density at radius 1 is 0.929 bits per heavy atom. The first-order chi connectivity index (χ1) is 13.5. The molecule has 0 bridgehead atoms. The maximum atomic E-state index is 12.5. The van der Waals surface area contributed by atoms with Gasteiger partial charge in [0.25, 0.3) is 11.8 Å². The van der Waals surface area contributed by atoms with Gasteiger partial charge in [-0.2, -0.15) is 0 Å². The topological polar surface area (TPSA) is 58.6 Å². The van der Waals surface area contributed by atoms with Gasteiger partial charge in [-0.05, 0) is 48.5 Å². The van der Waals surface area contributed by atoms with Gasteiger partial charge in [-0.3, -0.25) is 9.59 Å². The lowest BCUT2D eigenvalue weighted by Gasteiger charge is -2.18. The van der Waals surface area contributed by atoms with Gasteiger partial charge < -0.3 is 15.0 Å². The summed E-state index contributed by atoms with van der Waals surface area (Å²) in [5.41, 5.74) is 1.87. The van der Waals surface area contributed by atoms with Crippen molar-refractivity contribution in [3.05, 3.63) is 89.4 Å². The van der Waals surface area contributed by atoms with E-state index in [-0.39, 0.29) is 18.4 Å². The van der Waals surface area contributed by atoms with Crippen LogP contribution in [0.2, 0.25) is 5.02 Å². The van der Waals surface area contributed by atoms with Crippen molar-refractivity contribution in [1.29, 1.82) is 0 Å². The molecule has 1 N–H and O–H groups in total. The Hall–Kier alpha value is -3.31. The Bertz CT molecular complexity index is 959. The first-order valence-electron chi connectivity index (χ1n) is 8.65. The van der Waals surface area contributed by atoms with E-state index in [2.05, 4.69) is 5.32 Å². The number of nitrogens with one attached hydrogen (secondary N) is 1. The number of rotatable bonds is 6. The van der Waals surface area contributed by atoms with Crippen LogP contribution < -0.4 is 15.0 Å². The fourth-order valence-electron chi connectivity index (χ4n) is 2.56. The van der Waals surface area contributed by atoms with Gasteiger partial charge >= 0.3 is 0 Å². The molecule has 142 valence electrons. The maximum Gasteiger partial charge on any atom is 0.262 e. The Labute approximate surface area is 168 Å². The van der Waals surface area contributed by atoms with Crippen LogP contribution in [0.3, 0.4) is 0 Å². The molecular formula is C22H19ClN2O3. The third-order valence-corrected chi connectivity index (χ3v) is 4.40. The summed E-state index contributed by atoms with van der Waals surface area (Å²) < 4.78 is 5.50. The quantitative estimate of drug-likeness (QED) is 0.662. The molecule has 0 fully saturated rings. The molecule has 5 nitrogen and oxygen atoms in total. The third kappa shape index (κ3) is 4.90. The van der Waals surface area contributed by atoms with Crippen LogP contribution in [-0.2, 0) is 4.79 Å². The Morgan fingerprint density at radius 2 is 1.57 bits per heavy atom. The van der Waals surface area contributed by atoms with E-state index in [1.165, 1.54) is 0 Å². The summed E-state index contributed by atoms with van der Waals surface area (Å²) in [6.07, 6.45) is 0. The molecule has 0 saturated heterocycles. The highest BCUT2D eigenvalue weighted by molar-refractivity contribution is 6.33. The summed E-state index contributed by atoms with van der Waals surface area (Å²) in [7, 11) is 1.71. The standard InChI is InChI=1S/C22H19ClN2O3/c1-25(22(27)16-7-3-2-4-8-16)17-11-13-18(14-12-17)28-15-21(26)24-20-10-6-5-9-19(20)23/h2-14H,15H2,1H3,(H,24,26). The molecule has 0 radical (unpaired) electrons. The van der Waals surface area contributed by atoms with Gasteiger partial charge in [0.15, 0.2) is 6.61 Å². The van der Waals surface area contributed by atoms with E-state index in [1.54, 1.807) is 72.6 Å². The Morgan fingerprint density at radius 3 is 2.25 bits per heavy atom. The van der Waals surface area contributed by atoms with E-state index >= 15 is 0 Å². The van der Waals surface area contributed by atoms with Gasteiger partial charge in [-0.1, -0.05) is 41.9 Å². The number of carbonyl (C=O) groups is 2. The summed E-state index contributed by atoms with van der Waals surface area (Å²) in [6, 6.07) is 23.0. The van der Waals surface area contributed by atoms with Gasteiger partial charge in [0, 0.05) is 18.3 Å². The third-order valence-electron chi connectivity index (χ3n) is 4.07. The number of benzene rings is 3. The molecule has 28 heavy (non-hydrogen) atoms. The highest BCUT2D eigenvalue weighted by atomic mass is 35.5. The van der Waals surface area contributed by atoms with Crippen LogP contribution in [0.5, 0.6) is 5.75 Å². The summed E-state index contributed by atoms with van der Waals surface area (Å²) in [4.78, 5) is 26.0. The SMILES string of the molecule is CN(C(=O)c1ccccc1)c1ccc(OCC(=O)Nc2ccccc2Cl)cc1. The summed E-state index contributed by atoms with van der Waals surface area (Å²) in [5, 5.41) is 3.16. The molecule has 0 spiro atoms. The van der Waals surface area contributed by atoms with E-state index in [4.69, 9.17) is 16.3 Å². The van der Waals surface area contributed by atoms with E-state index in [0.29, 0.717) is 22.0 Å². The Kier molecular flexibility index (Phi) is 6.29. The van der Waals surface area contributed by atoms with E-state index in [0.717, 1.165) is 5.69 Å². The molecule has 0 aliphatic carbocycles. The van der Waals surface area contributed by atoms with E-state index < -0.39 is 0 Å². The first kappa shape index (κ1) is 19.5. The van der Waals surface area contributed by atoms with Crippen LogP contribution in [0.15, 0.2) is 78.9 Å². The monoisotopic (exact) mass is 394 g/mol. The normalized spacial score (nSPS) is 10.2. The van der Waals surface area contributed by atoms with Gasteiger partial charge in [0.1, 0.15) is 5.75 Å². The molecular weight excluding hydrogens is 376 g/mol. The molecule has 0 atom stereocenters. The molecule has 3 rings (SSSR count). The molecule has 3 aromatic rings. The number of nitrogens with zero attached hydrogens (tertiary/aromatic N) is 1. The number of hydrogen-bond acceptors (Lipinski definition) is 3. The lowest BCUT2D eigenvalue weighted by Crippen LogP contribution is -2.26. The van der Waals surface area contributed by atoms with Crippen molar-refractivity contribution < 1.29 is 14.3 Å². The van der Waals surface area contributed by atoms with Crippen LogP contribution >= 0.6 is 11.6 Å². The van der Waals surface area contributed by atoms with Crippen molar-refractivity contribution in [2.24, 2.45) is 0 Å². The van der Waals surface area contributed by atoms with Crippen molar-refractivity contribution in [2.45, 2.75) is 0 Å². The number of anilines is 2. The Balaban J connectivity index is 1.56. The zero-order chi connectivity index (χ0) is 19.9. The lowest BCUT2D eigenvalue weighted by atomic mass is 10.2. The maximum absolute atomic E-state index is 12.5. The second-order valence-electron chi connectivity index (χ2n) is 6.04. The average Bonchev–Trinajstić information content (AvgIpc) is 2.74. The smallest absolute Gasteiger partial charge is 0.262 e. The minimum Gasteiger partial charge on any atom is -0.484 e. The average molecular weight is 395 g/mol. The molecule has 0 heterocycles. The summed E-state index contributed by atoms with van der Waals surface area (Å²) >= 11 is 6.01. The predicted octanol–water partition coefficient (Wildman–Crippen LogP) is 4.63. The lowest BCUT2D eigenvalue weighted by molar-refractivity contribution is -0.118. The van der Waals surface area contributed by atoms with Crippen LogP contribution in [0.25, 0.3) is 0 Å². The minimum atomic E-state index is -0.312. The van der Waals surface area contributed by atoms with Gasteiger partial charge in [0.05, 0.1) is 10.7 Å². The molecule has 3 aromatic carbocycles. The van der Waals surface area contributed by atoms with Crippen molar-refractivity contribution in [1.82, 2.24) is 0 Å². The van der Waals surface area contributed by atoms with Crippen LogP contribution in [0.4, 0.5) is 11.4 Å². The largest absolute Gasteiger partial charge is 0.484 e. The second-order valence-corrected chi connectivity index (χ2v) is 6.45. The van der Waals surface area contributed by atoms with Gasteiger partial charge in [-0.15, -0.1) is 0 Å². The molecule has 0 aliphatic rings. The van der Waals surface area contributed by atoms with Crippen molar-refractivity contribution >= 4 is 34.8 Å². The minimum absolute atomic E-state index is 0.103. The fraction of sp³-hybridized carbons (Fsp3) is 0.0909. The number of amides is 2.